The average molecular weight is 657 g/mol. The van der Waals surface area contributed by atoms with Crippen LogP contribution in [0.5, 0.6) is 23.0 Å². The second-order valence-electron chi connectivity index (χ2n) is 13.3. The Balaban J connectivity index is 1.02. The van der Waals surface area contributed by atoms with Crippen LogP contribution in [-0.2, 0) is 5.41 Å². The average Bonchev–Trinajstić information content (AvgIpc) is 3.16. The molecule has 0 N–H and O–H groups in total. The van der Waals surface area contributed by atoms with Gasteiger partial charge in [0.1, 0.15) is 23.0 Å². The molecule has 4 heteroatoms. The topological polar surface area (TPSA) is 52.6 Å². The number of carbonyl (C=O) groups excluding carboxylic acids is 2. The highest BCUT2D eigenvalue weighted by molar-refractivity contribution is 6.09. The minimum absolute atomic E-state index is 0.000741. The second-order valence-corrected chi connectivity index (χ2v) is 13.3. The lowest BCUT2D eigenvalue weighted by Gasteiger charge is -2.38. The molecule has 6 aromatic carbocycles. The first-order valence-electron chi connectivity index (χ1n) is 17.4. The van der Waals surface area contributed by atoms with Gasteiger partial charge >= 0.3 is 0 Å². The smallest absolute Gasteiger partial charge is 0.193 e. The van der Waals surface area contributed by atoms with Gasteiger partial charge in [-0.25, -0.2) is 0 Å². The van der Waals surface area contributed by atoms with Crippen molar-refractivity contribution in [1.29, 1.82) is 0 Å². The van der Waals surface area contributed by atoms with Crippen LogP contribution in [0.25, 0.3) is 0 Å². The molecule has 4 nitrogen and oxygen atoms in total. The summed E-state index contributed by atoms with van der Waals surface area (Å²) >= 11 is 0. The number of benzene rings is 6. The van der Waals surface area contributed by atoms with Gasteiger partial charge in [0.05, 0.1) is 0 Å². The SMILES string of the molecule is Cc1ccc(C(=O)c2ccc(Oc3ccc(C4(c5ccc(Oc6ccc(C(=O)c7ccc(C)cc7)cc6)cc5)CCCCC4)cc3)cc2)cc1. The van der Waals surface area contributed by atoms with Crippen molar-refractivity contribution in [3.05, 3.63) is 190 Å². The summed E-state index contributed by atoms with van der Waals surface area (Å²) in [6.45, 7) is 4.02. The maximum absolute atomic E-state index is 12.9. The monoisotopic (exact) mass is 656 g/mol. The van der Waals surface area contributed by atoms with E-state index in [1.54, 1.807) is 0 Å². The van der Waals surface area contributed by atoms with Crippen LogP contribution in [0.4, 0.5) is 0 Å². The van der Waals surface area contributed by atoms with E-state index >= 15 is 0 Å². The fraction of sp³-hybridized carbons (Fsp3) is 0.174. The van der Waals surface area contributed by atoms with Gasteiger partial charge in [-0.3, -0.25) is 9.59 Å². The Morgan fingerprint density at radius 3 is 1.00 bits per heavy atom. The van der Waals surface area contributed by atoms with Gasteiger partial charge in [-0.05, 0) is 111 Å². The molecule has 0 saturated heterocycles. The van der Waals surface area contributed by atoms with Gasteiger partial charge in [-0.1, -0.05) is 103 Å². The Kier molecular flexibility index (Phi) is 9.44. The first-order chi connectivity index (χ1) is 24.4. The molecule has 248 valence electrons. The van der Waals surface area contributed by atoms with Crippen LogP contribution in [0.1, 0.15) is 86.2 Å². The molecule has 0 aromatic heterocycles. The summed E-state index contributed by atoms with van der Waals surface area (Å²) in [6.07, 6.45) is 5.77. The van der Waals surface area contributed by atoms with Crippen LogP contribution in [0.2, 0.25) is 0 Å². The summed E-state index contributed by atoms with van der Waals surface area (Å²) in [6, 6.07) is 46.9. The summed E-state index contributed by atoms with van der Waals surface area (Å²) in [5.41, 5.74) is 7.37. The summed E-state index contributed by atoms with van der Waals surface area (Å²) in [4.78, 5) is 25.8. The Labute approximate surface area is 294 Å². The molecule has 0 atom stereocenters. The number of rotatable bonds is 10. The molecule has 0 spiro atoms. The number of ether oxygens (including phenoxy) is 2. The first-order valence-corrected chi connectivity index (χ1v) is 17.4. The van der Waals surface area contributed by atoms with Crippen LogP contribution in [-0.4, -0.2) is 11.6 Å². The van der Waals surface area contributed by atoms with Gasteiger partial charge in [0, 0.05) is 27.7 Å². The quantitative estimate of drug-likeness (QED) is 0.138. The van der Waals surface area contributed by atoms with E-state index in [1.807, 2.05) is 135 Å². The Hall–Kier alpha value is -5.74. The normalized spacial score (nSPS) is 13.7. The van der Waals surface area contributed by atoms with Crippen LogP contribution >= 0.6 is 0 Å². The highest BCUT2D eigenvalue weighted by Gasteiger charge is 2.35. The predicted octanol–water partition coefficient (Wildman–Crippen LogP) is 11.6. The van der Waals surface area contributed by atoms with Crippen molar-refractivity contribution in [1.82, 2.24) is 0 Å². The highest BCUT2D eigenvalue weighted by Crippen LogP contribution is 2.46. The van der Waals surface area contributed by atoms with Crippen molar-refractivity contribution in [2.45, 2.75) is 51.4 Å². The Morgan fingerprint density at radius 1 is 0.400 bits per heavy atom. The molecule has 1 saturated carbocycles. The maximum atomic E-state index is 12.9. The number of carbonyl (C=O) groups is 2. The molecule has 1 aliphatic carbocycles. The standard InChI is InChI=1S/C46H40O4/c1-32-6-10-34(11-7-32)44(47)36-14-22-40(23-15-36)49-42-26-18-38(19-27-42)46(30-4-3-5-31-46)39-20-28-43(29-21-39)50-41-24-16-37(17-25-41)45(48)35-12-8-33(2)9-13-35/h6-29H,3-5,30-31H2,1-2H3. The summed E-state index contributed by atoms with van der Waals surface area (Å²) < 4.78 is 12.4. The van der Waals surface area contributed by atoms with Gasteiger partial charge in [-0.2, -0.15) is 0 Å². The molecule has 1 fully saturated rings. The fourth-order valence-electron chi connectivity index (χ4n) is 6.95. The van der Waals surface area contributed by atoms with Crippen molar-refractivity contribution < 1.29 is 19.1 Å². The van der Waals surface area contributed by atoms with Crippen molar-refractivity contribution in [3.8, 4) is 23.0 Å². The van der Waals surface area contributed by atoms with E-state index in [0.29, 0.717) is 33.8 Å². The summed E-state index contributed by atoms with van der Waals surface area (Å²) in [5.74, 6) is 2.89. The van der Waals surface area contributed by atoms with Crippen molar-refractivity contribution in [3.63, 3.8) is 0 Å². The van der Waals surface area contributed by atoms with Crippen LogP contribution in [0.3, 0.4) is 0 Å². The van der Waals surface area contributed by atoms with E-state index in [-0.39, 0.29) is 17.0 Å². The van der Waals surface area contributed by atoms with Crippen molar-refractivity contribution in [2.75, 3.05) is 0 Å². The molecule has 0 heterocycles. The van der Waals surface area contributed by atoms with Gasteiger partial charge in [0.15, 0.2) is 11.6 Å². The zero-order valence-electron chi connectivity index (χ0n) is 28.5. The van der Waals surface area contributed by atoms with E-state index in [4.69, 9.17) is 9.47 Å². The van der Waals surface area contributed by atoms with Crippen LogP contribution < -0.4 is 9.47 Å². The third kappa shape index (κ3) is 7.16. The van der Waals surface area contributed by atoms with Crippen molar-refractivity contribution >= 4 is 11.6 Å². The number of hydrogen-bond donors (Lipinski definition) is 0. The zero-order chi connectivity index (χ0) is 34.5. The van der Waals surface area contributed by atoms with Crippen molar-refractivity contribution in [2.24, 2.45) is 0 Å². The minimum atomic E-state index is -0.0781. The van der Waals surface area contributed by atoms with Crippen LogP contribution in [0, 0.1) is 13.8 Å². The maximum Gasteiger partial charge on any atom is 0.193 e. The lowest BCUT2D eigenvalue weighted by Crippen LogP contribution is -2.30. The van der Waals surface area contributed by atoms with E-state index in [2.05, 4.69) is 24.3 Å². The molecule has 0 unspecified atom stereocenters. The van der Waals surface area contributed by atoms with Crippen LogP contribution in [0.15, 0.2) is 146 Å². The largest absolute Gasteiger partial charge is 0.457 e. The zero-order valence-corrected chi connectivity index (χ0v) is 28.5. The van der Waals surface area contributed by atoms with E-state index in [0.717, 1.165) is 35.5 Å². The first kappa shape index (κ1) is 32.8. The number of hydrogen-bond acceptors (Lipinski definition) is 4. The van der Waals surface area contributed by atoms with Gasteiger partial charge < -0.3 is 9.47 Å². The molecule has 6 aromatic rings. The molecule has 7 rings (SSSR count). The predicted molar refractivity (Wildman–Crippen MR) is 199 cm³/mol. The van der Waals surface area contributed by atoms with Gasteiger partial charge in [0.25, 0.3) is 0 Å². The molecule has 0 radical (unpaired) electrons. The number of aryl methyl sites for hydroxylation is 2. The van der Waals surface area contributed by atoms with E-state index in [9.17, 15) is 9.59 Å². The molecular weight excluding hydrogens is 617 g/mol. The second kappa shape index (κ2) is 14.4. The lowest BCUT2D eigenvalue weighted by molar-refractivity contribution is 0.103. The molecule has 0 amide bonds. The fourth-order valence-corrected chi connectivity index (χ4v) is 6.95. The lowest BCUT2D eigenvalue weighted by atomic mass is 9.65. The molecule has 1 aliphatic rings. The van der Waals surface area contributed by atoms with Gasteiger partial charge in [0.2, 0.25) is 0 Å². The molecular formula is C46H40O4. The van der Waals surface area contributed by atoms with E-state index in [1.165, 1.54) is 30.4 Å². The molecule has 0 bridgehead atoms. The third-order valence-electron chi connectivity index (χ3n) is 9.85. The van der Waals surface area contributed by atoms with E-state index < -0.39 is 0 Å². The third-order valence-corrected chi connectivity index (χ3v) is 9.85. The Morgan fingerprint density at radius 2 is 0.680 bits per heavy atom. The van der Waals surface area contributed by atoms with Gasteiger partial charge in [-0.15, -0.1) is 0 Å². The molecule has 50 heavy (non-hydrogen) atoms. The summed E-state index contributed by atoms with van der Waals surface area (Å²) in [5, 5.41) is 0. The summed E-state index contributed by atoms with van der Waals surface area (Å²) in [7, 11) is 0. The minimum Gasteiger partial charge on any atom is -0.457 e. The number of ketones is 2. The Bertz CT molecular complexity index is 1920. The highest BCUT2D eigenvalue weighted by atomic mass is 16.5. The molecule has 0 aliphatic heterocycles.